The summed E-state index contributed by atoms with van der Waals surface area (Å²) in [6.45, 7) is 5.34. The molecule has 2 aromatic rings. The molecule has 0 amide bonds. The van der Waals surface area contributed by atoms with Gasteiger partial charge in [-0.2, -0.15) is 16.4 Å². The van der Waals surface area contributed by atoms with E-state index in [9.17, 15) is 0 Å². The first-order chi connectivity index (χ1) is 8.65. The molecule has 0 saturated carbocycles. The van der Waals surface area contributed by atoms with E-state index in [-0.39, 0.29) is 6.04 Å². The number of thiophene rings is 1. The van der Waals surface area contributed by atoms with Gasteiger partial charge in [0.05, 0.1) is 22.4 Å². The lowest BCUT2D eigenvalue weighted by Gasteiger charge is -2.20. The third kappa shape index (κ3) is 2.68. The van der Waals surface area contributed by atoms with Crippen molar-refractivity contribution in [3.05, 3.63) is 38.3 Å². The number of nitrogens with zero attached hydrogens (tertiary/aromatic N) is 2. The number of halogens is 1. The minimum absolute atomic E-state index is 0.207. The molecule has 0 aliphatic rings. The summed E-state index contributed by atoms with van der Waals surface area (Å²) in [6.07, 6.45) is 2.98. The maximum absolute atomic E-state index is 4.32. The van der Waals surface area contributed by atoms with Gasteiger partial charge in [-0.1, -0.05) is 6.92 Å². The number of rotatable bonds is 5. The highest BCUT2D eigenvalue weighted by Crippen LogP contribution is 2.31. The zero-order valence-electron chi connectivity index (χ0n) is 10.9. The van der Waals surface area contributed by atoms with E-state index in [2.05, 4.69) is 51.0 Å². The third-order valence-corrected chi connectivity index (χ3v) is 4.51. The highest BCUT2D eigenvalue weighted by Gasteiger charge is 2.22. The average Bonchev–Trinajstić information content (AvgIpc) is 2.90. The van der Waals surface area contributed by atoms with E-state index >= 15 is 0 Å². The topological polar surface area (TPSA) is 29.9 Å². The summed E-state index contributed by atoms with van der Waals surface area (Å²) in [5, 5.41) is 12.3. The number of nitrogens with one attached hydrogen (secondary N) is 1. The van der Waals surface area contributed by atoms with Crippen molar-refractivity contribution < 1.29 is 0 Å². The Balaban J connectivity index is 2.40. The summed E-state index contributed by atoms with van der Waals surface area (Å²) in [6, 6.07) is 0.207. The second-order valence-electron chi connectivity index (χ2n) is 4.40. The Labute approximate surface area is 120 Å². The summed E-state index contributed by atoms with van der Waals surface area (Å²) in [7, 11) is 1.99. The summed E-state index contributed by atoms with van der Waals surface area (Å²) in [4.78, 5) is 0. The molecule has 0 spiro atoms. The SMILES string of the molecule is CCCNC(c1cscc1C)c1c(Br)cnn1C. The minimum Gasteiger partial charge on any atom is -0.305 e. The van der Waals surface area contributed by atoms with Gasteiger partial charge in [0.15, 0.2) is 0 Å². The van der Waals surface area contributed by atoms with E-state index in [1.807, 2.05) is 17.9 Å². The molecule has 18 heavy (non-hydrogen) atoms. The van der Waals surface area contributed by atoms with Crippen LogP contribution in [0.1, 0.15) is 36.2 Å². The molecule has 1 atom stereocenters. The van der Waals surface area contributed by atoms with Gasteiger partial charge in [-0.05, 0) is 57.7 Å². The summed E-state index contributed by atoms with van der Waals surface area (Å²) in [5.41, 5.74) is 3.87. The van der Waals surface area contributed by atoms with Crippen LogP contribution in [-0.4, -0.2) is 16.3 Å². The molecule has 1 N–H and O–H groups in total. The van der Waals surface area contributed by atoms with Crippen LogP contribution in [0.2, 0.25) is 0 Å². The minimum atomic E-state index is 0.207. The standard InChI is InChI=1S/C13H18BrN3S/c1-4-5-15-12(10-8-18-7-9(10)2)13-11(14)6-16-17(13)3/h6-8,12,15H,4-5H2,1-3H3. The second kappa shape index (κ2) is 5.99. The van der Waals surface area contributed by atoms with Gasteiger partial charge < -0.3 is 5.32 Å². The molecule has 2 rings (SSSR count). The lowest BCUT2D eigenvalue weighted by atomic mass is 10.0. The Hall–Kier alpha value is -0.650. The van der Waals surface area contributed by atoms with Crippen molar-refractivity contribution >= 4 is 27.3 Å². The van der Waals surface area contributed by atoms with Gasteiger partial charge in [-0.25, -0.2) is 0 Å². The first kappa shape index (κ1) is 13.8. The van der Waals surface area contributed by atoms with E-state index in [1.54, 1.807) is 11.3 Å². The third-order valence-electron chi connectivity index (χ3n) is 3.02. The maximum atomic E-state index is 4.32. The largest absolute Gasteiger partial charge is 0.305 e. The van der Waals surface area contributed by atoms with Crippen molar-refractivity contribution in [2.75, 3.05) is 6.54 Å². The number of aryl methyl sites for hydroxylation is 2. The summed E-state index contributed by atoms with van der Waals surface area (Å²) in [5.74, 6) is 0. The molecule has 0 aliphatic carbocycles. The van der Waals surface area contributed by atoms with E-state index in [1.165, 1.54) is 16.8 Å². The highest BCUT2D eigenvalue weighted by atomic mass is 79.9. The van der Waals surface area contributed by atoms with Crippen LogP contribution in [0.15, 0.2) is 21.4 Å². The molecule has 98 valence electrons. The predicted octanol–water partition coefficient (Wildman–Crippen LogP) is 3.64. The van der Waals surface area contributed by atoms with Gasteiger partial charge in [0.1, 0.15) is 0 Å². The lowest BCUT2D eigenvalue weighted by molar-refractivity contribution is 0.551. The summed E-state index contributed by atoms with van der Waals surface area (Å²) < 4.78 is 3.00. The van der Waals surface area contributed by atoms with Crippen molar-refractivity contribution in [2.24, 2.45) is 7.05 Å². The maximum Gasteiger partial charge on any atom is 0.0770 e. The van der Waals surface area contributed by atoms with Gasteiger partial charge in [0, 0.05) is 7.05 Å². The van der Waals surface area contributed by atoms with Crippen LogP contribution >= 0.6 is 27.3 Å². The Kier molecular flexibility index (Phi) is 4.59. The molecule has 0 aromatic carbocycles. The van der Waals surface area contributed by atoms with E-state index in [4.69, 9.17) is 0 Å². The normalized spacial score (nSPS) is 12.9. The quantitative estimate of drug-likeness (QED) is 0.908. The molecule has 0 saturated heterocycles. The fourth-order valence-corrected chi connectivity index (χ4v) is 3.51. The van der Waals surface area contributed by atoms with Gasteiger partial charge >= 0.3 is 0 Å². The van der Waals surface area contributed by atoms with Crippen molar-refractivity contribution in [3.63, 3.8) is 0 Å². The Morgan fingerprint density at radius 2 is 2.28 bits per heavy atom. The smallest absolute Gasteiger partial charge is 0.0770 e. The molecular formula is C13H18BrN3S. The van der Waals surface area contributed by atoms with E-state index < -0.39 is 0 Å². The van der Waals surface area contributed by atoms with Crippen LogP contribution in [0.5, 0.6) is 0 Å². The Morgan fingerprint density at radius 1 is 1.50 bits per heavy atom. The van der Waals surface area contributed by atoms with Crippen molar-refractivity contribution in [1.29, 1.82) is 0 Å². The molecule has 0 aliphatic heterocycles. The first-order valence-electron chi connectivity index (χ1n) is 6.08. The molecule has 0 fully saturated rings. The highest BCUT2D eigenvalue weighted by molar-refractivity contribution is 9.10. The molecule has 1 unspecified atom stereocenters. The second-order valence-corrected chi connectivity index (χ2v) is 6.00. The van der Waals surface area contributed by atoms with Crippen molar-refractivity contribution in [2.45, 2.75) is 26.3 Å². The average molecular weight is 328 g/mol. The van der Waals surface area contributed by atoms with E-state index in [0.717, 1.165) is 17.4 Å². The van der Waals surface area contributed by atoms with Crippen molar-refractivity contribution in [3.8, 4) is 0 Å². The van der Waals surface area contributed by atoms with Crippen LogP contribution in [0.3, 0.4) is 0 Å². The number of aromatic nitrogens is 2. The Morgan fingerprint density at radius 3 is 2.78 bits per heavy atom. The fraction of sp³-hybridized carbons (Fsp3) is 0.462. The molecule has 5 heteroatoms. The van der Waals surface area contributed by atoms with Gasteiger partial charge in [0.2, 0.25) is 0 Å². The first-order valence-corrected chi connectivity index (χ1v) is 7.82. The molecule has 2 heterocycles. The van der Waals surface area contributed by atoms with Gasteiger partial charge in [-0.3, -0.25) is 4.68 Å². The van der Waals surface area contributed by atoms with Crippen LogP contribution in [0.4, 0.5) is 0 Å². The molecule has 0 bridgehead atoms. The van der Waals surface area contributed by atoms with Crippen LogP contribution < -0.4 is 5.32 Å². The van der Waals surface area contributed by atoms with Crippen molar-refractivity contribution in [1.82, 2.24) is 15.1 Å². The molecule has 2 aromatic heterocycles. The predicted molar refractivity (Wildman–Crippen MR) is 80.1 cm³/mol. The van der Waals surface area contributed by atoms with Crippen LogP contribution in [0.25, 0.3) is 0 Å². The van der Waals surface area contributed by atoms with Gasteiger partial charge in [-0.15, -0.1) is 0 Å². The molecular weight excluding hydrogens is 310 g/mol. The monoisotopic (exact) mass is 327 g/mol. The van der Waals surface area contributed by atoms with E-state index in [0.29, 0.717) is 0 Å². The van der Waals surface area contributed by atoms with Crippen LogP contribution in [0, 0.1) is 6.92 Å². The summed E-state index contributed by atoms with van der Waals surface area (Å²) >= 11 is 5.35. The Bertz CT molecular complexity index is 499. The molecule has 0 radical (unpaired) electrons. The number of hydrogen-bond acceptors (Lipinski definition) is 3. The van der Waals surface area contributed by atoms with Gasteiger partial charge in [0.25, 0.3) is 0 Å². The fourth-order valence-electron chi connectivity index (χ4n) is 2.05. The van der Waals surface area contributed by atoms with Crippen LogP contribution in [-0.2, 0) is 7.05 Å². The zero-order valence-corrected chi connectivity index (χ0v) is 13.3. The lowest BCUT2D eigenvalue weighted by Crippen LogP contribution is -2.25. The molecule has 3 nitrogen and oxygen atoms in total. The number of hydrogen-bond donors (Lipinski definition) is 1. The zero-order chi connectivity index (χ0) is 13.1.